The summed E-state index contributed by atoms with van der Waals surface area (Å²) in [6.45, 7) is 4.56. The average Bonchev–Trinajstić information content (AvgIpc) is 3.25. The molecule has 0 radical (unpaired) electrons. The van der Waals surface area contributed by atoms with Crippen molar-refractivity contribution >= 4 is 28.7 Å². The van der Waals surface area contributed by atoms with E-state index in [0.29, 0.717) is 22.1 Å². The van der Waals surface area contributed by atoms with E-state index in [4.69, 9.17) is 27.9 Å². The molecule has 4 aromatic rings. The van der Waals surface area contributed by atoms with Crippen LogP contribution in [-0.2, 0) is 11.3 Å². The number of hydrogen-bond acceptors (Lipinski definition) is 4. The first kappa shape index (κ1) is 21.2. The number of aromatic nitrogens is 3. The fourth-order valence-corrected chi connectivity index (χ4v) is 4.24. The summed E-state index contributed by atoms with van der Waals surface area (Å²) in [5.41, 5.74) is 3.82. The van der Waals surface area contributed by atoms with E-state index in [0.717, 1.165) is 55.4 Å². The molecule has 2 aromatic carbocycles. The maximum Gasteiger partial charge on any atom is 0.277 e. The highest BCUT2D eigenvalue weighted by atomic mass is 35.5. The van der Waals surface area contributed by atoms with E-state index in [-0.39, 0.29) is 5.56 Å². The van der Waals surface area contributed by atoms with Crippen LogP contribution < -0.4 is 5.56 Å². The number of rotatable bonds is 5. The van der Waals surface area contributed by atoms with Crippen molar-refractivity contribution in [2.24, 2.45) is 0 Å². The molecule has 0 spiro atoms. The molecule has 0 N–H and O–H groups in total. The van der Waals surface area contributed by atoms with Gasteiger partial charge in [0.15, 0.2) is 0 Å². The van der Waals surface area contributed by atoms with Crippen LogP contribution in [0.5, 0.6) is 0 Å². The zero-order valence-electron chi connectivity index (χ0n) is 17.4. The summed E-state index contributed by atoms with van der Waals surface area (Å²) >= 11 is 12.1. The number of hydrogen-bond donors (Lipinski definition) is 0. The Morgan fingerprint density at radius 2 is 1.50 bits per heavy atom. The molecule has 1 aliphatic heterocycles. The van der Waals surface area contributed by atoms with E-state index in [9.17, 15) is 4.79 Å². The van der Waals surface area contributed by atoms with Gasteiger partial charge in [-0.2, -0.15) is 5.10 Å². The molecule has 32 heavy (non-hydrogen) atoms. The lowest BCUT2D eigenvalue weighted by atomic mass is 10.1. The van der Waals surface area contributed by atoms with Gasteiger partial charge in [-0.25, -0.2) is 4.52 Å². The predicted molar refractivity (Wildman–Crippen MR) is 128 cm³/mol. The van der Waals surface area contributed by atoms with Crippen molar-refractivity contribution in [2.45, 2.75) is 6.54 Å². The molecule has 6 nitrogen and oxygen atoms in total. The first-order valence-electron chi connectivity index (χ1n) is 10.5. The molecule has 1 aliphatic rings. The van der Waals surface area contributed by atoms with Gasteiger partial charge in [-0.05, 0) is 35.9 Å². The van der Waals surface area contributed by atoms with Gasteiger partial charge in [0.1, 0.15) is 5.52 Å². The first-order chi connectivity index (χ1) is 15.6. The fraction of sp³-hybridized carbons (Fsp3) is 0.250. The maximum atomic E-state index is 13.6. The van der Waals surface area contributed by atoms with Crippen LogP contribution >= 0.6 is 23.2 Å². The molecule has 5 rings (SSSR count). The van der Waals surface area contributed by atoms with Gasteiger partial charge in [-0.15, -0.1) is 0 Å². The summed E-state index contributed by atoms with van der Waals surface area (Å²) in [5, 5.41) is 5.99. The standard InChI is InChI=1S/C24H22Cl2N4O2/c25-19-5-1-17(2-6-19)21-15-22-24(31)29(10-9-28-11-13-32-14-12-28)23(16-30(22)27-21)18-3-7-20(26)8-4-18/h1-8,15-16H,9-14H2. The van der Waals surface area contributed by atoms with Crippen molar-refractivity contribution in [2.75, 3.05) is 32.8 Å². The third-order valence-corrected chi connectivity index (χ3v) is 6.26. The molecule has 2 aromatic heterocycles. The maximum absolute atomic E-state index is 13.6. The molecule has 164 valence electrons. The van der Waals surface area contributed by atoms with Crippen molar-refractivity contribution in [3.8, 4) is 22.5 Å². The van der Waals surface area contributed by atoms with Crippen LogP contribution in [0.25, 0.3) is 28.0 Å². The number of ether oxygens (including phenoxy) is 1. The SMILES string of the molecule is O=c1c2cc(-c3ccc(Cl)cc3)nn2cc(-c2ccc(Cl)cc2)n1CCN1CCOCC1. The van der Waals surface area contributed by atoms with Crippen molar-refractivity contribution < 1.29 is 4.74 Å². The van der Waals surface area contributed by atoms with E-state index in [1.165, 1.54) is 0 Å². The highest BCUT2D eigenvalue weighted by Crippen LogP contribution is 2.24. The van der Waals surface area contributed by atoms with Crippen LogP contribution in [0.15, 0.2) is 65.6 Å². The molecule has 1 fully saturated rings. The largest absolute Gasteiger partial charge is 0.379 e. The fourth-order valence-electron chi connectivity index (χ4n) is 3.99. The molecular formula is C24H22Cl2N4O2. The van der Waals surface area contributed by atoms with Crippen molar-refractivity contribution in [3.63, 3.8) is 0 Å². The quantitative estimate of drug-likeness (QED) is 0.433. The van der Waals surface area contributed by atoms with Gasteiger partial charge in [0, 0.05) is 41.8 Å². The van der Waals surface area contributed by atoms with Gasteiger partial charge in [0.05, 0.1) is 30.8 Å². The number of fused-ring (bicyclic) bond motifs is 1. The van der Waals surface area contributed by atoms with Crippen LogP contribution in [-0.4, -0.2) is 51.9 Å². The molecule has 0 atom stereocenters. The minimum atomic E-state index is -0.0709. The van der Waals surface area contributed by atoms with Crippen molar-refractivity contribution in [1.29, 1.82) is 0 Å². The minimum Gasteiger partial charge on any atom is -0.379 e. The van der Waals surface area contributed by atoms with Crippen molar-refractivity contribution in [1.82, 2.24) is 19.1 Å². The van der Waals surface area contributed by atoms with Crippen LogP contribution in [0.2, 0.25) is 10.0 Å². The zero-order valence-corrected chi connectivity index (χ0v) is 18.9. The second-order valence-corrected chi connectivity index (χ2v) is 8.67. The Labute approximate surface area is 195 Å². The minimum absolute atomic E-state index is 0.0709. The van der Waals surface area contributed by atoms with Crippen LogP contribution in [0.1, 0.15) is 0 Å². The van der Waals surface area contributed by atoms with Gasteiger partial charge >= 0.3 is 0 Å². The Balaban J connectivity index is 1.59. The molecule has 0 unspecified atom stereocenters. The normalized spacial score (nSPS) is 14.8. The lowest BCUT2D eigenvalue weighted by Crippen LogP contribution is -2.39. The first-order valence-corrected chi connectivity index (χ1v) is 11.3. The molecule has 0 bridgehead atoms. The van der Waals surface area contributed by atoms with Crippen LogP contribution in [0, 0.1) is 0 Å². The molecule has 3 heterocycles. The Morgan fingerprint density at radius 1 is 0.875 bits per heavy atom. The Kier molecular flexibility index (Phi) is 6.02. The summed E-state index contributed by atoms with van der Waals surface area (Å²) in [4.78, 5) is 15.9. The summed E-state index contributed by atoms with van der Waals surface area (Å²) in [7, 11) is 0. The Morgan fingerprint density at radius 3 is 2.16 bits per heavy atom. The number of nitrogens with zero attached hydrogens (tertiary/aromatic N) is 4. The Hall–Kier alpha value is -2.64. The molecular weight excluding hydrogens is 447 g/mol. The van der Waals surface area contributed by atoms with E-state index in [2.05, 4.69) is 10.00 Å². The monoisotopic (exact) mass is 468 g/mol. The smallest absolute Gasteiger partial charge is 0.277 e. The molecule has 1 saturated heterocycles. The molecule has 0 aliphatic carbocycles. The third-order valence-electron chi connectivity index (χ3n) is 5.76. The van der Waals surface area contributed by atoms with Gasteiger partial charge in [-0.3, -0.25) is 9.69 Å². The molecule has 8 heteroatoms. The Bertz CT molecular complexity index is 1290. The molecule has 0 saturated carbocycles. The number of morpholine rings is 1. The van der Waals surface area contributed by atoms with E-state index >= 15 is 0 Å². The average molecular weight is 469 g/mol. The van der Waals surface area contributed by atoms with E-state index in [1.54, 1.807) is 4.52 Å². The van der Waals surface area contributed by atoms with Crippen molar-refractivity contribution in [3.05, 3.63) is 81.2 Å². The van der Waals surface area contributed by atoms with Gasteiger partial charge in [0.2, 0.25) is 0 Å². The highest BCUT2D eigenvalue weighted by Gasteiger charge is 2.17. The molecule has 0 amide bonds. The van der Waals surface area contributed by atoms with Crippen LogP contribution in [0.3, 0.4) is 0 Å². The van der Waals surface area contributed by atoms with Gasteiger partial charge < -0.3 is 9.30 Å². The summed E-state index contributed by atoms with van der Waals surface area (Å²) in [6, 6.07) is 16.8. The van der Waals surface area contributed by atoms with Gasteiger partial charge in [0.25, 0.3) is 5.56 Å². The summed E-state index contributed by atoms with van der Waals surface area (Å²) in [5.74, 6) is 0. The highest BCUT2D eigenvalue weighted by molar-refractivity contribution is 6.30. The number of halogens is 2. The second kappa shape index (κ2) is 9.08. The van der Waals surface area contributed by atoms with E-state index < -0.39 is 0 Å². The zero-order chi connectivity index (χ0) is 22.1. The lowest BCUT2D eigenvalue weighted by Gasteiger charge is -2.27. The number of benzene rings is 2. The lowest BCUT2D eigenvalue weighted by molar-refractivity contribution is 0.0363. The summed E-state index contributed by atoms with van der Waals surface area (Å²) < 4.78 is 8.95. The topological polar surface area (TPSA) is 51.8 Å². The van der Waals surface area contributed by atoms with E-state index in [1.807, 2.05) is 65.4 Å². The predicted octanol–water partition coefficient (Wildman–Crippen LogP) is 4.47. The third kappa shape index (κ3) is 4.32. The van der Waals surface area contributed by atoms with Crippen LogP contribution in [0.4, 0.5) is 0 Å². The second-order valence-electron chi connectivity index (χ2n) is 7.80. The van der Waals surface area contributed by atoms with Gasteiger partial charge in [-0.1, -0.05) is 47.5 Å². The summed E-state index contributed by atoms with van der Waals surface area (Å²) in [6.07, 6.45) is 1.92.